The molecule has 0 amide bonds. The van der Waals surface area contributed by atoms with Crippen molar-refractivity contribution in [3.8, 4) is 0 Å². The third kappa shape index (κ3) is 1.27. The van der Waals surface area contributed by atoms with E-state index in [2.05, 4.69) is 10.1 Å². The SMILES string of the molecule is Nc1ncnn1C1CCOCC1. The summed E-state index contributed by atoms with van der Waals surface area (Å²) in [4.78, 5) is 3.88. The van der Waals surface area contributed by atoms with Crippen LogP contribution in [0.5, 0.6) is 0 Å². The predicted octanol–water partition coefficient (Wildman–Crippen LogP) is 0.212. The number of anilines is 1. The van der Waals surface area contributed by atoms with E-state index in [1.807, 2.05) is 0 Å². The monoisotopic (exact) mass is 168 g/mol. The molecular formula is C7H12N4O. The lowest BCUT2D eigenvalue weighted by Crippen LogP contribution is -2.21. The second kappa shape index (κ2) is 3.10. The van der Waals surface area contributed by atoms with Crippen LogP contribution in [0.1, 0.15) is 18.9 Å². The van der Waals surface area contributed by atoms with Crippen LogP contribution in [0, 0.1) is 0 Å². The second-order valence-electron chi connectivity index (χ2n) is 2.91. The van der Waals surface area contributed by atoms with Gasteiger partial charge in [-0.15, -0.1) is 0 Å². The molecule has 1 aliphatic heterocycles. The average Bonchev–Trinajstić information content (AvgIpc) is 2.53. The lowest BCUT2D eigenvalue weighted by Gasteiger charge is -2.22. The van der Waals surface area contributed by atoms with E-state index in [1.165, 1.54) is 6.33 Å². The molecule has 0 atom stereocenters. The van der Waals surface area contributed by atoms with Gasteiger partial charge in [0, 0.05) is 13.2 Å². The molecule has 1 aromatic rings. The van der Waals surface area contributed by atoms with Gasteiger partial charge in [0.15, 0.2) is 0 Å². The molecule has 0 unspecified atom stereocenters. The maximum absolute atomic E-state index is 5.62. The Morgan fingerprint density at radius 2 is 2.25 bits per heavy atom. The van der Waals surface area contributed by atoms with Gasteiger partial charge in [-0.25, -0.2) is 9.67 Å². The first-order valence-corrected chi connectivity index (χ1v) is 4.10. The highest BCUT2D eigenvalue weighted by Crippen LogP contribution is 2.20. The van der Waals surface area contributed by atoms with Gasteiger partial charge in [-0.1, -0.05) is 0 Å². The normalized spacial score (nSPS) is 19.7. The van der Waals surface area contributed by atoms with E-state index in [1.54, 1.807) is 4.68 Å². The van der Waals surface area contributed by atoms with Gasteiger partial charge in [0.25, 0.3) is 0 Å². The topological polar surface area (TPSA) is 66.0 Å². The summed E-state index contributed by atoms with van der Waals surface area (Å²) in [6.07, 6.45) is 3.45. The average molecular weight is 168 g/mol. The van der Waals surface area contributed by atoms with Crippen LogP contribution in [0.3, 0.4) is 0 Å². The Kier molecular flexibility index (Phi) is 1.95. The van der Waals surface area contributed by atoms with Crippen LogP contribution in [0.2, 0.25) is 0 Å². The molecule has 12 heavy (non-hydrogen) atoms. The maximum atomic E-state index is 5.62. The van der Waals surface area contributed by atoms with E-state index in [0.29, 0.717) is 12.0 Å². The summed E-state index contributed by atoms with van der Waals surface area (Å²) in [6, 6.07) is 0.376. The van der Waals surface area contributed by atoms with Gasteiger partial charge in [-0.2, -0.15) is 5.10 Å². The zero-order valence-electron chi connectivity index (χ0n) is 6.81. The molecule has 2 rings (SSSR count). The smallest absolute Gasteiger partial charge is 0.218 e. The molecule has 2 heterocycles. The van der Waals surface area contributed by atoms with Crippen molar-refractivity contribution in [1.82, 2.24) is 14.8 Å². The molecule has 0 saturated carbocycles. The van der Waals surface area contributed by atoms with Crippen LogP contribution in [-0.4, -0.2) is 28.0 Å². The standard InChI is InChI=1S/C7H12N4O/c8-7-9-5-10-11(7)6-1-3-12-4-2-6/h5-6H,1-4H2,(H2,8,9,10). The molecule has 0 aliphatic carbocycles. The van der Waals surface area contributed by atoms with Gasteiger partial charge in [0.1, 0.15) is 6.33 Å². The van der Waals surface area contributed by atoms with Crippen molar-refractivity contribution in [2.45, 2.75) is 18.9 Å². The predicted molar refractivity (Wildman–Crippen MR) is 43.5 cm³/mol. The van der Waals surface area contributed by atoms with E-state index < -0.39 is 0 Å². The molecule has 5 nitrogen and oxygen atoms in total. The summed E-state index contributed by atoms with van der Waals surface area (Å²) in [5.41, 5.74) is 5.62. The molecule has 1 aromatic heterocycles. The zero-order chi connectivity index (χ0) is 8.39. The van der Waals surface area contributed by atoms with Crippen molar-refractivity contribution in [3.05, 3.63) is 6.33 Å². The minimum Gasteiger partial charge on any atom is -0.381 e. The minimum absolute atomic E-state index is 0.376. The molecule has 1 saturated heterocycles. The van der Waals surface area contributed by atoms with Gasteiger partial charge in [0.2, 0.25) is 5.95 Å². The number of nitrogens with two attached hydrogens (primary N) is 1. The Balaban J connectivity index is 2.13. The second-order valence-corrected chi connectivity index (χ2v) is 2.91. The number of hydrogen-bond donors (Lipinski definition) is 1. The Hall–Kier alpha value is -1.10. The van der Waals surface area contributed by atoms with E-state index in [4.69, 9.17) is 10.5 Å². The largest absolute Gasteiger partial charge is 0.381 e. The first-order valence-electron chi connectivity index (χ1n) is 4.10. The quantitative estimate of drug-likeness (QED) is 0.651. The molecule has 66 valence electrons. The zero-order valence-corrected chi connectivity index (χ0v) is 6.81. The van der Waals surface area contributed by atoms with Crippen molar-refractivity contribution < 1.29 is 4.74 Å². The van der Waals surface area contributed by atoms with Crippen LogP contribution in [-0.2, 0) is 4.74 Å². The fraction of sp³-hybridized carbons (Fsp3) is 0.714. The van der Waals surface area contributed by atoms with Crippen molar-refractivity contribution in [2.24, 2.45) is 0 Å². The molecule has 1 aliphatic rings. The number of hydrogen-bond acceptors (Lipinski definition) is 4. The molecule has 2 N–H and O–H groups in total. The molecule has 0 spiro atoms. The first-order chi connectivity index (χ1) is 5.88. The summed E-state index contributed by atoms with van der Waals surface area (Å²) in [7, 11) is 0. The Morgan fingerprint density at radius 1 is 1.50 bits per heavy atom. The van der Waals surface area contributed by atoms with Gasteiger partial charge in [-0.05, 0) is 12.8 Å². The summed E-state index contributed by atoms with van der Waals surface area (Å²) < 4.78 is 7.02. The minimum atomic E-state index is 0.376. The van der Waals surface area contributed by atoms with Gasteiger partial charge >= 0.3 is 0 Å². The molecule has 0 bridgehead atoms. The van der Waals surface area contributed by atoms with Gasteiger partial charge < -0.3 is 10.5 Å². The Labute approximate surface area is 70.5 Å². The molecule has 5 heteroatoms. The maximum Gasteiger partial charge on any atom is 0.218 e. The van der Waals surface area contributed by atoms with Crippen LogP contribution in [0.25, 0.3) is 0 Å². The van der Waals surface area contributed by atoms with Gasteiger partial charge in [-0.3, -0.25) is 0 Å². The highest BCUT2D eigenvalue weighted by molar-refractivity contribution is 5.13. The number of aromatic nitrogens is 3. The summed E-state index contributed by atoms with van der Waals surface area (Å²) in [5, 5.41) is 4.06. The van der Waals surface area contributed by atoms with Crippen molar-refractivity contribution in [1.29, 1.82) is 0 Å². The molecule has 0 radical (unpaired) electrons. The van der Waals surface area contributed by atoms with Gasteiger partial charge in [0.05, 0.1) is 6.04 Å². The highest BCUT2D eigenvalue weighted by atomic mass is 16.5. The van der Waals surface area contributed by atoms with Crippen molar-refractivity contribution in [2.75, 3.05) is 18.9 Å². The number of rotatable bonds is 1. The summed E-state index contributed by atoms with van der Waals surface area (Å²) >= 11 is 0. The number of nitrogen functional groups attached to an aromatic ring is 1. The highest BCUT2D eigenvalue weighted by Gasteiger charge is 2.17. The van der Waals surface area contributed by atoms with Crippen molar-refractivity contribution >= 4 is 5.95 Å². The van der Waals surface area contributed by atoms with Crippen LogP contribution >= 0.6 is 0 Å². The molecule has 1 fully saturated rings. The summed E-state index contributed by atoms with van der Waals surface area (Å²) in [5.74, 6) is 0.502. The van der Waals surface area contributed by atoms with E-state index in [0.717, 1.165) is 26.1 Å². The number of nitrogens with zero attached hydrogens (tertiary/aromatic N) is 3. The van der Waals surface area contributed by atoms with Crippen LogP contribution in [0.15, 0.2) is 6.33 Å². The first kappa shape index (κ1) is 7.54. The fourth-order valence-electron chi connectivity index (χ4n) is 1.47. The van der Waals surface area contributed by atoms with Crippen molar-refractivity contribution in [3.63, 3.8) is 0 Å². The Bertz CT molecular complexity index is 254. The van der Waals surface area contributed by atoms with Crippen LogP contribution in [0.4, 0.5) is 5.95 Å². The molecule has 0 aromatic carbocycles. The number of ether oxygens (including phenoxy) is 1. The van der Waals surface area contributed by atoms with E-state index in [-0.39, 0.29) is 0 Å². The lowest BCUT2D eigenvalue weighted by molar-refractivity contribution is 0.0668. The fourth-order valence-corrected chi connectivity index (χ4v) is 1.47. The lowest BCUT2D eigenvalue weighted by atomic mass is 10.1. The third-order valence-corrected chi connectivity index (χ3v) is 2.14. The van der Waals surface area contributed by atoms with E-state index >= 15 is 0 Å². The van der Waals surface area contributed by atoms with E-state index in [9.17, 15) is 0 Å². The molecular weight excluding hydrogens is 156 g/mol. The van der Waals surface area contributed by atoms with Crippen LogP contribution < -0.4 is 5.73 Å². The third-order valence-electron chi connectivity index (χ3n) is 2.14. The Morgan fingerprint density at radius 3 is 2.83 bits per heavy atom. The summed E-state index contributed by atoms with van der Waals surface area (Å²) in [6.45, 7) is 1.59.